The highest BCUT2D eigenvalue weighted by atomic mass is 16.5. The van der Waals surface area contributed by atoms with Crippen molar-refractivity contribution in [2.24, 2.45) is 5.92 Å². The van der Waals surface area contributed by atoms with Crippen LogP contribution in [0, 0.1) is 5.92 Å². The Kier molecular flexibility index (Phi) is 7.82. The molecule has 20 heavy (non-hydrogen) atoms. The van der Waals surface area contributed by atoms with Gasteiger partial charge in [-0.2, -0.15) is 0 Å². The summed E-state index contributed by atoms with van der Waals surface area (Å²) in [5, 5.41) is 13.0. The van der Waals surface area contributed by atoms with Gasteiger partial charge in [-0.25, -0.2) is 0 Å². The van der Waals surface area contributed by atoms with Gasteiger partial charge in [0, 0.05) is 13.2 Å². The maximum atomic E-state index is 9.79. The van der Waals surface area contributed by atoms with Gasteiger partial charge in [-0.05, 0) is 37.8 Å². The number of hydrogen-bond acceptors (Lipinski definition) is 3. The lowest BCUT2D eigenvalue weighted by molar-refractivity contribution is 0.0792. The van der Waals surface area contributed by atoms with E-state index in [-0.39, 0.29) is 6.61 Å². The fourth-order valence-electron chi connectivity index (χ4n) is 2.36. The molecule has 0 bridgehead atoms. The molecular formula is C17H29NO2. The van der Waals surface area contributed by atoms with Crippen LogP contribution in [-0.4, -0.2) is 32.0 Å². The average molecular weight is 279 g/mol. The summed E-state index contributed by atoms with van der Waals surface area (Å²) >= 11 is 0. The van der Waals surface area contributed by atoms with E-state index < -0.39 is 5.54 Å². The third-order valence-corrected chi connectivity index (χ3v) is 3.82. The lowest BCUT2D eigenvalue weighted by atomic mass is 9.88. The molecule has 0 saturated heterocycles. The van der Waals surface area contributed by atoms with Crippen molar-refractivity contribution in [2.45, 2.75) is 38.6 Å². The largest absolute Gasteiger partial charge is 0.394 e. The predicted molar refractivity (Wildman–Crippen MR) is 83.8 cm³/mol. The van der Waals surface area contributed by atoms with Crippen LogP contribution >= 0.6 is 0 Å². The molecule has 3 nitrogen and oxygen atoms in total. The van der Waals surface area contributed by atoms with Crippen LogP contribution in [-0.2, 0) is 10.3 Å². The number of hydrogen-bond donors (Lipinski definition) is 2. The second-order valence-electron chi connectivity index (χ2n) is 5.75. The Bertz CT molecular complexity index is 347. The molecule has 0 fully saturated rings. The first-order valence-corrected chi connectivity index (χ1v) is 7.57. The molecule has 0 amide bonds. The Morgan fingerprint density at radius 3 is 2.45 bits per heavy atom. The fourth-order valence-corrected chi connectivity index (χ4v) is 2.36. The third kappa shape index (κ3) is 5.23. The summed E-state index contributed by atoms with van der Waals surface area (Å²) in [6, 6.07) is 10.1. The van der Waals surface area contributed by atoms with E-state index in [1.54, 1.807) is 0 Å². The van der Waals surface area contributed by atoms with Crippen molar-refractivity contribution in [3.63, 3.8) is 0 Å². The summed E-state index contributed by atoms with van der Waals surface area (Å²) in [5.74, 6) is 0.733. The van der Waals surface area contributed by atoms with Crippen LogP contribution < -0.4 is 5.32 Å². The SMILES string of the molecule is CNC(CO)(CCOCCCC(C)C)c1ccccc1. The Balaban J connectivity index is 2.44. The van der Waals surface area contributed by atoms with Crippen LogP contribution in [0.15, 0.2) is 30.3 Å². The molecule has 1 aromatic carbocycles. The second-order valence-corrected chi connectivity index (χ2v) is 5.75. The minimum atomic E-state index is -0.403. The second kappa shape index (κ2) is 9.11. The first kappa shape index (κ1) is 17.2. The van der Waals surface area contributed by atoms with Crippen molar-refractivity contribution in [1.82, 2.24) is 5.32 Å². The zero-order chi connectivity index (χ0) is 14.8. The Hall–Kier alpha value is -0.900. The van der Waals surface area contributed by atoms with Crippen molar-refractivity contribution in [3.8, 4) is 0 Å². The summed E-state index contributed by atoms with van der Waals surface area (Å²) < 4.78 is 5.71. The zero-order valence-electron chi connectivity index (χ0n) is 13.1. The van der Waals surface area contributed by atoms with Gasteiger partial charge < -0.3 is 15.2 Å². The highest BCUT2D eigenvalue weighted by Gasteiger charge is 2.29. The standard InChI is InChI=1S/C17H29NO2/c1-15(2)8-7-12-20-13-11-17(14-19,18-3)16-9-5-4-6-10-16/h4-6,9-10,15,18-19H,7-8,11-14H2,1-3H3. The number of likely N-dealkylation sites (N-methyl/N-ethyl adjacent to an activating group) is 1. The van der Waals surface area contributed by atoms with Crippen LogP contribution in [0.25, 0.3) is 0 Å². The van der Waals surface area contributed by atoms with Crippen molar-refractivity contribution >= 4 is 0 Å². The van der Waals surface area contributed by atoms with E-state index in [9.17, 15) is 5.11 Å². The molecule has 1 atom stereocenters. The van der Waals surface area contributed by atoms with E-state index in [2.05, 4.69) is 19.2 Å². The predicted octanol–water partition coefficient (Wildman–Crippen LogP) is 2.94. The average Bonchev–Trinajstić information content (AvgIpc) is 2.48. The summed E-state index contributed by atoms with van der Waals surface area (Å²) in [6.07, 6.45) is 3.08. The molecule has 1 rings (SSSR count). The van der Waals surface area contributed by atoms with Crippen LogP contribution in [0.3, 0.4) is 0 Å². The number of aliphatic hydroxyl groups is 1. The van der Waals surface area contributed by atoms with Gasteiger partial charge in [0.25, 0.3) is 0 Å². The van der Waals surface area contributed by atoms with Gasteiger partial charge in [0.05, 0.1) is 12.1 Å². The minimum absolute atomic E-state index is 0.0723. The molecular weight excluding hydrogens is 250 g/mol. The van der Waals surface area contributed by atoms with E-state index in [1.165, 1.54) is 6.42 Å². The molecule has 0 aliphatic carbocycles. The summed E-state index contributed by atoms with van der Waals surface area (Å²) in [7, 11) is 1.89. The Morgan fingerprint density at radius 1 is 1.20 bits per heavy atom. The minimum Gasteiger partial charge on any atom is -0.394 e. The van der Waals surface area contributed by atoms with Gasteiger partial charge in [0.1, 0.15) is 0 Å². The number of nitrogens with one attached hydrogen (secondary N) is 1. The smallest absolute Gasteiger partial charge is 0.0688 e. The third-order valence-electron chi connectivity index (χ3n) is 3.82. The molecule has 0 aliphatic rings. The van der Waals surface area contributed by atoms with Gasteiger partial charge in [0.2, 0.25) is 0 Å². The van der Waals surface area contributed by atoms with E-state index >= 15 is 0 Å². The topological polar surface area (TPSA) is 41.5 Å². The quantitative estimate of drug-likeness (QED) is 0.647. The van der Waals surface area contributed by atoms with Crippen LogP contribution in [0.4, 0.5) is 0 Å². The summed E-state index contributed by atoms with van der Waals surface area (Å²) in [4.78, 5) is 0. The molecule has 0 radical (unpaired) electrons. The van der Waals surface area contributed by atoms with Gasteiger partial charge >= 0.3 is 0 Å². The molecule has 1 aromatic rings. The van der Waals surface area contributed by atoms with Gasteiger partial charge in [-0.15, -0.1) is 0 Å². The van der Waals surface area contributed by atoms with E-state index in [0.29, 0.717) is 6.61 Å². The van der Waals surface area contributed by atoms with Crippen LogP contribution in [0.1, 0.15) is 38.7 Å². The maximum Gasteiger partial charge on any atom is 0.0688 e. The lowest BCUT2D eigenvalue weighted by Crippen LogP contribution is -2.44. The van der Waals surface area contributed by atoms with Crippen LogP contribution in [0.5, 0.6) is 0 Å². The molecule has 0 aliphatic heterocycles. The van der Waals surface area contributed by atoms with Crippen molar-refractivity contribution in [3.05, 3.63) is 35.9 Å². The zero-order valence-corrected chi connectivity index (χ0v) is 13.1. The van der Waals surface area contributed by atoms with E-state index in [4.69, 9.17) is 4.74 Å². The molecule has 2 N–H and O–H groups in total. The number of benzene rings is 1. The van der Waals surface area contributed by atoms with Crippen molar-refractivity contribution in [2.75, 3.05) is 26.9 Å². The molecule has 114 valence electrons. The lowest BCUT2D eigenvalue weighted by Gasteiger charge is -2.32. The fraction of sp³-hybridized carbons (Fsp3) is 0.647. The number of aliphatic hydroxyl groups excluding tert-OH is 1. The maximum absolute atomic E-state index is 9.79. The Labute approximate surface area is 123 Å². The monoisotopic (exact) mass is 279 g/mol. The van der Waals surface area contributed by atoms with Crippen molar-refractivity contribution < 1.29 is 9.84 Å². The molecule has 0 saturated carbocycles. The first-order chi connectivity index (χ1) is 9.64. The molecule has 0 heterocycles. The van der Waals surface area contributed by atoms with Crippen LogP contribution in [0.2, 0.25) is 0 Å². The highest BCUT2D eigenvalue weighted by Crippen LogP contribution is 2.24. The highest BCUT2D eigenvalue weighted by molar-refractivity contribution is 5.24. The van der Waals surface area contributed by atoms with Gasteiger partial charge in [-0.3, -0.25) is 0 Å². The van der Waals surface area contributed by atoms with Gasteiger partial charge in [0.15, 0.2) is 0 Å². The first-order valence-electron chi connectivity index (χ1n) is 7.57. The number of ether oxygens (including phenoxy) is 1. The van der Waals surface area contributed by atoms with Crippen molar-refractivity contribution in [1.29, 1.82) is 0 Å². The normalized spacial score (nSPS) is 14.4. The van der Waals surface area contributed by atoms with Gasteiger partial charge in [-0.1, -0.05) is 44.2 Å². The molecule has 0 spiro atoms. The summed E-state index contributed by atoms with van der Waals surface area (Å²) in [5.41, 5.74) is 0.704. The Morgan fingerprint density at radius 2 is 1.90 bits per heavy atom. The molecule has 0 aromatic heterocycles. The summed E-state index contributed by atoms with van der Waals surface area (Å²) in [6.45, 7) is 6.00. The molecule has 3 heteroatoms. The number of rotatable bonds is 10. The molecule has 1 unspecified atom stereocenters. The van der Waals surface area contributed by atoms with E-state index in [0.717, 1.165) is 30.9 Å². The van der Waals surface area contributed by atoms with E-state index in [1.807, 2.05) is 37.4 Å².